The van der Waals surface area contributed by atoms with Gasteiger partial charge >= 0.3 is 0 Å². The highest BCUT2D eigenvalue weighted by Crippen LogP contribution is 2.22. The van der Waals surface area contributed by atoms with Crippen LogP contribution in [-0.2, 0) is 6.54 Å². The lowest BCUT2D eigenvalue weighted by Crippen LogP contribution is -2.11. The largest absolute Gasteiger partial charge is 0.362 e. The van der Waals surface area contributed by atoms with E-state index in [0.29, 0.717) is 18.2 Å². The molecule has 0 saturated heterocycles. The molecule has 98 valence electrons. The van der Waals surface area contributed by atoms with Gasteiger partial charge in [0.1, 0.15) is 0 Å². The second kappa shape index (κ2) is 5.16. The molecule has 0 atom stereocenters. The Bertz CT molecular complexity index is 706. The molecule has 3 rings (SSSR count). The molecule has 0 aliphatic heterocycles. The maximum Gasteiger partial charge on any atom is 0.180 e. The van der Waals surface area contributed by atoms with E-state index in [1.165, 1.54) is 4.88 Å². The molecule has 0 aliphatic rings. The summed E-state index contributed by atoms with van der Waals surface area (Å²) in [6.07, 6.45) is 5.37. The van der Waals surface area contributed by atoms with E-state index in [0.717, 1.165) is 10.1 Å². The molecule has 3 aromatic rings. The summed E-state index contributed by atoms with van der Waals surface area (Å²) >= 11 is 5.12. The normalized spacial score (nSPS) is 10.8. The van der Waals surface area contributed by atoms with Crippen LogP contribution in [0, 0.1) is 0 Å². The molecular weight excluding hydrogens is 328 g/mol. The van der Waals surface area contributed by atoms with E-state index in [2.05, 4.69) is 42.7 Å². The van der Waals surface area contributed by atoms with Gasteiger partial charge in [0.2, 0.25) is 0 Å². The topological polar surface area (TPSA) is 80.3 Å². The van der Waals surface area contributed by atoms with E-state index in [4.69, 9.17) is 5.84 Å². The fourth-order valence-corrected chi connectivity index (χ4v) is 3.13. The lowest BCUT2D eigenvalue weighted by atomic mass is 10.4. The summed E-state index contributed by atoms with van der Waals surface area (Å²) in [5, 5.41) is 5.33. The van der Waals surface area contributed by atoms with E-state index >= 15 is 0 Å². The summed E-state index contributed by atoms with van der Waals surface area (Å²) in [4.78, 5) is 9.86. The molecule has 0 amide bonds. The second-order valence-electron chi connectivity index (χ2n) is 3.86. The van der Waals surface area contributed by atoms with Gasteiger partial charge in [0.05, 0.1) is 12.7 Å². The molecule has 0 unspecified atom stereocenters. The number of hydrazine groups is 1. The number of rotatable bonds is 4. The lowest BCUT2D eigenvalue weighted by molar-refractivity contribution is 1.07. The van der Waals surface area contributed by atoms with Gasteiger partial charge in [0, 0.05) is 27.1 Å². The highest BCUT2D eigenvalue weighted by molar-refractivity contribution is 9.10. The van der Waals surface area contributed by atoms with Gasteiger partial charge in [0.25, 0.3) is 0 Å². The van der Waals surface area contributed by atoms with Crippen molar-refractivity contribution in [1.29, 1.82) is 0 Å². The average molecular weight is 339 g/mol. The van der Waals surface area contributed by atoms with Crippen LogP contribution in [0.1, 0.15) is 4.88 Å². The maximum absolute atomic E-state index is 5.41. The number of anilines is 2. The van der Waals surface area contributed by atoms with Gasteiger partial charge in [-0.3, -0.25) is 0 Å². The van der Waals surface area contributed by atoms with Gasteiger partial charge in [-0.15, -0.1) is 11.3 Å². The zero-order chi connectivity index (χ0) is 13.2. The molecule has 19 heavy (non-hydrogen) atoms. The van der Waals surface area contributed by atoms with Crippen molar-refractivity contribution in [1.82, 2.24) is 14.4 Å². The van der Waals surface area contributed by atoms with Crippen LogP contribution in [0.25, 0.3) is 5.65 Å². The van der Waals surface area contributed by atoms with Gasteiger partial charge in [-0.1, -0.05) is 0 Å². The summed E-state index contributed by atoms with van der Waals surface area (Å²) in [7, 11) is 0. The van der Waals surface area contributed by atoms with Crippen molar-refractivity contribution >= 4 is 44.5 Å². The predicted molar refractivity (Wildman–Crippen MR) is 80.1 cm³/mol. The molecule has 0 fully saturated rings. The van der Waals surface area contributed by atoms with Gasteiger partial charge in [-0.05, 0) is 22.0 Å². The fraction of sp³-hybridized carbons (Fsp3) is 0.0909. The Morgan fingerprint density at radius 1 is 1.47 bits per heavy atom. The second-order valence-corrected chi connectivity index (χ2v) is 5.77. The first kappa shape index (κ1) is 12.4. The number of aromatic nitrogens is 3. The average Bonchev–Trinajstić information content (AvgIpc) is 3.04. The van der Waals surface area contributed by atoms with Crippen molar-refractivity contribution in [2.45, 2.75) is 6.54 Å². The summed E-state index contributed by atoms with van der Waals surface area (Å²) in [6, 6.07) is 2.07. The van der Waals surface area contributed by atoms with Crippen molar-refractivity contribution in [3.63, 3.8) is 0 Å². The standard InChI is InChI=1S/C11H11BrN6S/c12-7-3-8(19-6-7)4-15-10-11-14-1-2-18(11)5-9(16-10)17-13/h1-3,5-6,17H,4,13H2,(H,15,16). The van der Waals surface area contributed by atoms with Crippen LogP contribution in [0.3, 0.4) is 0 Å². The molecule has 0 radical (unpaired) electrons. The molecular formula is C11H11BrN6S. The minimum Gasteiger partial charge on any atom is -0.362 e. The number of hydrogen-bond acceptors (Lipinski definition) is 6. The van der Waals surface area contributed by atoms with Crippen molar-refractivity contribution in [3.05, 3.63) is 39.4 Å². The molecule has 0 aliphatic carbocycles. The Kier molecular flexibility index (Phi) is 3.36. The number of nitrogens with two attached hydrogens (primary N) is 1. The monoisotopic (exact) mass is 338 g/mol. The van der Waals surface area contributed by atoms with Crippen LogP contribution in [0.5, 0.6) is 0 Å². The highest BCUT2D eigenvalue weighted by Gasteiger charge is 2.07. The molecule has 0 bridgehead atoms. The van der Waals surface area contributed by atoms with Crippen LogP contribution in [-0.4, -0.2) is 14.4 Å². The number of hydrogen-bond donors (Lipinski definition) is 3. The van der Waals surface area contributed by atoms with E-state index in [1.54, 1.807) is 23.7 Å². The smallest absolute Gasteiger partial charge is 0.180 e. The maximum atomic E-state index is 5.41. The minimum absolute atomic E-state index is 0.584. The predicted octanol–water partition coefficient (Wildman–Crippen LogP) is 2.45. The van der Waals surface area contributed by atoms with Gasteiger partial charge in [-0.2, -0.15) is 0 Å². The molecule has 8 heteroatoms. The molecule has 0 saturated carbocycles. The zero-order valence-electron chi connectivity index (χ0n) is 9.80. The summed E-state index contributed by atoms with van der Waals surface area (Å²) in [5.41, 5.74) is 3.32. The SMILES string of the molecule is NNc1cn2ccnc2c(NCc2cc(Br)cs2)n1. The number of nitrogens with zero attached hydrogens (tertiary/aromatic N) is 3. The van der Waals surface area contributed by atoms with Crippen molar-refractivity contribution < 1.29 is 0 Å². The number of nitrogen functional groups attached to an aromatic ring is 1. The molecule has 0 aromatic carbocycles. The van der Waals surface area contributed by atoms with Gasteiger partial charge in [0.15, 0.2) is 17.3 Å². The zero-order valence-corrected chi connectivity index (χ0v) is 12.2. The Labute approximate surface area is 121 Å². The van der Waals surface area contributed by atoms with Crippen LogP contribution in [0.4, 0.5) is 11.6 Å². The molecule has 3 heterocycles. The van der Waals surface area contributed by atoms with Crippen molar-refractivity contribution in [3.8, 4) is 0 Å². The van der Waals surface area contributed by atoms with E-state index in [-0.39, 0.29) is 0 Å². The van der Waals surface area contributed by atoms with Crippen LogP contribution >= 0.6 is 27.3 Å². The number of fused-ring (bicyclic) bond motifs is 1. The Hall–Kier alpha value is -1.64. The first-order chi connectivity index (χ1) is 9.26. The van der Waals surface area contributed by atoms with Gasteiger partial charge in [-0.25, -0.2) is 15.8 Å². The van der Waals surface area contributed by atoms with E-state index in [9.17, 15) is 0 Å². The third-order valence-electron chi connectivity index (χ3n) is 2.57. The number of thiophene rings is 1. The molecule has 0 spiro atoms. The quantitative estimate of drug-likeness (QED) is 0.503. The summed E-state index contributed by atoms with van der Waals surface area (Å²) < 4.78 is 2.96. The Balaban J connectivity index is 1.88. The number of nitrogens with one attached hydrogen (secondary N) is 2. The first-order valence-electron chi connectivity index (χ1n) is 5.53. The lowest BCUT2D eigenvalue weighted by Gasteiger charge is -2.08. The highest BCUT2D eigenvalue weighted by atomic mass is 79.9. The molecule has 4 N–H and O–H groups in total. The van der Waals surface area contributed by atoms with Crippen molar-refractivity contribution in [2.75, 3.05) is 10.7 Å². The minimum atomic E-state index is 0.584. The first-order valence-corrected chi connectivity index (χ1v) is 7.20. The van der Waals surface area contributed by atoms with Crippen LogP contribution < -0.4 is 16.6 Å². The molecule has 6 nitrogen and oxygen atoms in total. The fourth-order valence-electron chi connectivity index (χ4n) is 1.74. The van der Waals surface area contributed by atoms with Crippen LogP contribution in [0.2, 0.25) is 0 Å². The number of halogens is 1. The van der Waals surface area contributed by atoms with Crippen LogP contribution in [0.15, 0.2) is 34.5 Å². The van der Waals surface area contributed by atoms with Crippen molar-refractivity contribution in [2.24, 2.45) is 5.84 Å². The van der Waals surface area contributed by atoms with Gasteiger partial charge < -0.3 is 15.1 Å². The third kappa shape index (κ3) is 2.55. The summed E-state index contributed by atoms with van der Waals surface area (Å²) in [5.74, 6) is 6.69. The Morgan fingerprint density at radius 3 is 3.11 bits per heavy atom. The molecule has 3 aromatic heterocycles. The summed E-state index contributed by atoms with van der Waals surface area (Å²) in [6.45, 7) is 0.694. The van der Waals surface area contributed by atoms with E-state index in [1.807, 2.05) is 16.0 Å². The third-order valence-corrected chi connectivity index (χ3v) is 4.27. The number of imidazole rings is 1. The Morgan fingerprint density at radius 2 is 2.37 bits per heavy atom. The van der Waals surface area contributed by atoms with E-state index < -0.39 is 0 Å².